The zero-order chi connectivity index (χ0) is 26.9. The molecule has 2 aromatic carbocycles. The van der Waals surface area contributed by atoms with Gasteiger partial charge in [-0.1, -0.05) is 12.1 Å². The molecule has 2 aromatic heterocycles. The van der Waals surface area contributed by atoms with Gasteiger partial charge in [0.05, 0.1) is 17.1 Å². The Labute approximate surface area is 217 Å². The topological polar surface area (TPSA) is 94.1 Å². The van der Waals surface area contributed by atoms with Crippen LogP contribution in [0.4, 0.5) is 19.1 Å². The van der Waals surface area contributed by atoms with Crippen LogP contribution in [-0.4, -0.2) is 30.0 Å². The van der Waals surface area contributed by atoms with Crippen LogP contribution in [0.1, 0.15) is 41.5 Å². The lowest BCUT2D eigenvalue weighted by Crippen LogP contribution is -2.15. The smallest absolute Gasteiger partial charge is 0.416 e. The van der Waals surface area contributed by atoms with Crippen molar-refractivity contribution in [3.05, 3.63) is 95.4 Å². The standard InChI is InChI=1S/C27H23F3N4O3S/c1-2-37-25-11-5-18(16-33-25)24-15-19(27(28,29)30)6-9-23(24)22-8-4-17-14-20(7-10-21(17)22)38(35,36)34-26-31-12-3-13-32-26/h3,5-7,9-16,22H,2,4,8H2,1H3,(H,31,32,34)/t22-/m0/s1. The minimum absolute atomic E-state index is 0.0377. The van der Waals surface area contributed by atoms with Crippen molar-refractivity contribution in [3.63, 3.8) is 0 Å². The highest BCUT2D eigenvalue weighted by molar-refractivity contribution is 7.92. The van der Waals surface area contributed by atoms with E-state index < -0.39 is 21.8 Å². The molecule has 38 heavy (non-hydrogen) atoms. The summed E-state index contributed by atoms with van der Waals surface area (Å²) in [5.41, 5.74) is 2.62. The third kappa shape index (κ3) is 5.19. The number of nitrogens with one attached hydrogen (secondary N) is 1. The average molecular weight is 541 g/mol. The predicted octanol–water partition coefficient (Wildman–Crippen LogP) is 5.84. The molecule has 196 valence electrons. The molecule has 4 aromatic rings. The van der Waals surface area contributed by atoms with E-state index in [-0.39, 0.29) is 16.8 Å². The van der Waals surface area contributed by atoms with Gasteiger partial charge < -0.3 is 4.74 Å². The lowest BCUT2D eigenvalue weighted by atomic mass is 9.86. The fraction of sp³-hybridized carbons (Fsp3) is 0.222. The van der Waals surface area contributed by atoms with E-state index in [0.717, 1.165) is 23.3 Å². The van der Waals surface area contributed by atoms with E-state index in [1.807, 2.05) is 6.92 Å². The number of anilines is 1. The maximum absolute atomic E-state index is 13.6. The van der Waals surface area contributed by atoms with Gasteiger partial charge in [-0.3, -0.25) is 0 Å². The number of nitrogens with zero attached hydrogens (tertiary/aromatic N) is 3. The van der Waals surface area contributed by atoms with Crippen molar-refractivity contribution in [2.75, 3.05) is 11.3 Å². The first kappa shape index (κ1) is 25.7. The van der Waals surface area contributed by atoms with Gasteiger partial charge in [-0.05, 0) is 78.4 Å². The number of fused-ring (bicyclic) bond motifs is 1. The van der Waals surface area contributed by atoms with Crippen molar-refractivity contribution >= 4 is 16.0 Å². The van der Waals surface area contributed by atoms with Crippen LogP contribution in [0.3, 0.4) is 0 Å². The fourth-order valence-electron chi connectivity index (χ4n) is 4.67. The molecule has 5 rings (SSSR count). The summed E-state index contributed by atoms with van der Waals surface area (Å²) in [6.07, 6.45) is 1.06. The average Bonchev–Trinajstić information content (AvgIpc) is 3.32. The first-order valence-corrected chi connectivity index (χ1v) is 13.4. The summed E-state index contributed by atoms with van der Waals surface area (Å²) in [5, 5.41) is 0. The molecular formula is C27H23F3N4O3S. The van der Waals surface area contributed by atoms with Gasteiger partial charge in [-0.2, -0.15) is 13.2 Å². The van der Waals surface area contributed by atoms with Crippen molar-refractivity contribution in [1.29, 1.82) is 0 Å². The van der Waals surface area contributed by atoms with E-state index in [4.69, 9.17) is 4.74 Å². The van der Waals surface area contributed by atoms with Crippen LogP contribution >= 0.6 is 0 Å². The molecule has 0 aliphatic heterocycles. The molecule has 0 fully saturated rings. The molecule has 0 bridgehead atoms. The van der Waals surface area contributed by atoms with E-state index in [0.29, 0.717) is 42.0 Å². The van der Waals surface area contributed by atoms with Gasteiger partial charge in [0.15, 0.2) is 0 Å². The maximum Gasteiger partial charge on any atom is 0.416 e. The predicted molar refractivity (Wildman–Crippen MR) is 135 cm³/mol. The molecule has 1 N–H and O–H groups in total. The molecule has 2 heterocycles. The monoisotopic (exact) mass is 540 g/mol. The molecule has 0 radical (unpaired) electrons. The van der Waals surface area contributed by atoms with Gasteiger partial charge in [-0.25, -0.2) is 28.1 Å². The molecule has 0 unspecified atom stereocenters. The lowest BCUT2D eigenvalue weighted by molar-refractivity contribution is -0.137. The van der Waals surface area contributed by atoms with Crippen molar-refractivity contribution in [1.82, 2.24) is 15.0 Å². The number of rotatable bonds is 7. The first-order valence-electron chi connectivity index (χ1n) is 11.9. The van der Waals surface area contributed by atoms with Crippen LogP contribution < -0.4 is 9.46 Å². The van der Waals surface area contributed by atoms with Gasteiger partial charge in [0.1, 0.15) is 0 Å². The molecule has 0 saturated carbocycles. The largest absolute Gasteiger partial charge is 0.478 e. The highest BCUT2D eigenvalue weighted by atomic mass is 32.2. The number of alkyl halides is 3. The van der Waals surface area contributed by atoms with E-state index >= 15 is 0 Å². The Balaban J connectivity index is 1.52. The van der Waals surface area contributed by atoms with E-state index in [2.05, 4.69) is 19.7 Å². The van der Waals surface area contributed by atoms with Gasteiger partial charge in [0, 0.05) is 36.1 Å². The minimum Gasteiger partial charge on any atom is -0.478 e. The second kappa shape index (κ2) is 10.1. The minimum atomic E-state index is -4.50. The third-order valence-corrected chi connectivity index (χ3v) is 7.72. The SMILES string of the molecule is CCOc1ccc(-c2cc(C(F)(F)F)ccc2[C@H]2CCc3cc(S(=O)(=O)Nc4ncccn4)ccc32)cn1. The van der Waals surface area contributed by atoms with Crippen molar-refractivity contribution < 1.29 is 26.3 Å². The van der Waals surface area contributed by atoms with Gasteiger partial charge in [0.25, 0.3) is 10.0 Å². The van der Waals surface area contributed by atoms with Crippen LogP contribution in [0.25, 0.3) is 11.1 Å². The third-order valence-electron chi connectivity index (χ3n) is 6.39. The summed E-state index contributed by atoms with van der Waals surface area (Å²) >= 11 is 0. The Bertz CT molecular complexity index is 1560. The van der Waals surface area contributed by atoms with Crippen LogP contribution in [0.2, 0.25) is 0 Å². The van der Waals surface area contributed by atoms with Crippen LogP contribution in [-0.2, 0) is 22.6 Å². The maximum atomic E-state index is 13.6. The number of aromatic nitrogens is 3. The number of pyridine rings is 1. The molecule has 1 aliphatic rings. The number of hydrogen-bond acceptors (Lipinski definition) is 6. The number of ether oxygens (including phenoxy) is 1. The van der Waals surface area contributed by atoms with Gasteiger partial charge in [-0.15, -0.1) is 0 Å². The van der Waals surface area contributed by atoms with Crippen molar-refractivity contribution in [2.45, 2.75) is 36.8 Å². The first-order chi connectivity index (χ1) is 18.2. The molecule has 1 atom stereocenters. The number of halogens is 3. The van der Waals surface area contributed by atoms with E-state index in [9.17, 15) is 21.6 Å². The second-order valence-electron chi connectivity index (χ2n) is 8.75. The number of sulfonamides is 1. The summed E-state index contributed by atoms with van der Waals surface area (Å²) in [6.45, 7) is 2.24. The summed E-state index contributed by atoms with van der Waals surface area (Å²) in [6, 6.07) is 13.5. The molecule has 0 saturated heterocycles. The lowest BCUT2D eigenvalue weighted by Gasteiger charge is -2.20. The number of aryl methyl sites for hydroxylation is 1. The normalized spacial score (nSPS) is 15.2. The molecule has 0 amide bonds. The van der Waals surface area contributed by atoms with Crippen molar-refractivity contribution in [2.24, 2.45) is 0 Å². The zero-order valence-electron chi connectivity index (χ0n) is 20.2. The van der Waals surface area contributed by atoms with Gasteiger partial charge in [0.2, 0.25) is 11.8 Å². The Kier molecular flexibility index (Phi) is 6.78. The molecule has 0 spiro atoms. The van der Waals surface area contributed by atoms with E-state index in [1.54, 1.807) is 30.3 Å². The van der Waals surface area contributed by atoms with Crippen molar-refractivity contribution in [3.8, 4) is 17.0 Å². The number of benzene rings is 2. The fourth-order valence-corrected chi connectivity index (χ4v) is 5.68. The Morgan fingerprint density at radius 2 is 1.76 bits per heavy atom. The summed E-state index contributed by atoms with van der Waals surface area (Å²) in [7, 11) is -3.92. The molecular weight excluding hydrogens is 517 g/mol. The Morgan fingerprint density at radius 1 is 1.00 bits per heavy atom. The van der Waals surface area contributed by atoms with Crippen LogP contribution in [0.5, 0.6) is 5.88 Å². The molecule has 7 nitrogen and oxygen atoms in total. The summed E-state index contributed by atoms with van der Waals surface area (Å²) in [4.78, 5) is 12.1. The Hall–Kier alpha value is -3.99. The summed E-state index contributed by atoms with van der Waals surface area (Å²) < 4.78 is 74.3. The van der Waals surface area contributed by atoms with Crippen LogP contribution in [0, 0.1) is 0 Å². The molecule has 1 aliphatic carbocycles. The second-order valence-corrected chi connectivity index (χ2v) is 10.4. The molecule has 11 heteroatoms. The van der Waals surface area contributed by atoms with Gasteiger partial charge >= 0.3 is 6.18 Å². The van der Waals surface area contributed by atoms with Crippen LogP contribution in [0.15, 0.2) is 78.1 Å². The Morgan fingerprint density at radius 3 is 2.45 bits per heavy atom. The number of hydrogen-bond donors (Lipinski definition) is 1. The zero-order valence-corrected chi connectivity index (χ0v) is 21.1. The van der Waals surface area contributed by atoms with E-state index in [1.165, 1.54) is 30.7 Å². The highest BCUT2D eigenvalue weighted by Crippen LogP contribution is 2.44. The quantitative estimate of drug-likeness (QED) is 0.317. The highest BCUT2D eigenvalue weighted by Gasteiger charge is 2.33. The summed E-state index contributed by atoms with van der Waals surface area (Å²) in [5.74, 6) is 0.138.